The van der Waals surface area contributed by atoms with Crippen molar-refractivity contribution in [3.8, 4) is 5.75 Å². The molecular weight excluding hydrogens is 414 g/mol. The molecule has 0 heterocycles. The van der Waals surface area contributed by atoms with Crippen molar-refractivity contribution in [1.29, 1.82) is 0 Å². The van der Waals surface area contributed by atoms with Crippen molar-refractivity contribution in [1.82, 2.24) is 0 Å². The second kappa shape index (κ2) is 18.5. The zero-order valence-electron chi connectivity index (χ0n) is 20.1. The third-order valence-electron chi connectivity index (χ3n) is 4.92. The van der Waals surface area contributed by atoms with Crippen LogP contribution in [0.2, 0.25) is 0 Å². The molecule has 0 aliphatic heterocycles. The van der Waals surface area contributed by atoms with Gasteiger partial charge in [0.15, 0.2) is 0 Å². The van der Waals surface area contributed by atoms with Gasteiger partial charge in [-0.15, -0.1) is 0 Å². The molecule has 0 saturated heterocycles. The van der Waals surface area contributed by atoms with Crippen molar-refractivity contribution >= 4 is 17.6 Å². The molecule has 33 heavy (non-hydrogen) atoms. The van der Waals surface area contributed by atoms with Crippen LogP contribution in [-0.4, -0.2) is 24.1 Å². The molecule has 0 unspecified atom stereocenters. The number of carbonyl (C=O) groups excluding carboxylic acids is 2. The zero-order valence-corrected chi connectivity index (χ0v) is 20.1. The van der Waals surface area contributed by atoms with Gasteiger partial charge in [0.1, 0.15) is 11.3 Å². The Morgan fingerprint density at radius 3 is 2.03 bits per heavy atom. The Bertz CT molecular complexity index is 821. The summed E-state index contributed by atoms with van der Waals surface area (Å²) >= 11 is 0. The van der Waals surface area contributed by atoms with Crippen LogP contribution in [0.25, 0.3) is 0 Å². The second-order valence-corrected chi connectivity index (χ2v) is 7.75. The van der Waals surface area contributed by atoms with Crippen LogP contribution in [0, 0.1) is 0 Å². The van der Waals surface area contributed by atoms with Crippen LogP contribution in [0.5, 0.6) is 5.75 Å². The van der Waals surface area contributed by atoms with Gasteiger partial charge in [0, 0.05) is 12.1 Å². The van der Waals surface area contributed by atoms with Gasteiger partial charge in [-0.05, 0) is 63.1 Å². The molecule has 0 bridgehead atoms. The third-order valence-corrected chi connectivity index (χ3v) is 4.92. The highest BCUT2D eigenvalue weighted by molar-refractivity contribution is 5.96. The van der Waals surface area contributed by atoms with Crippen molar-refractivity contribution in [3.63, 3.8) is 0 Å². The number of methoxy groups -OCH3 is 1. The minimum absolute atomic E-state index is 0.0245. The van der Waals surface area contributed by atoms with Crippen molar-refractivity contribution in [2.45, 2.75) is 71.1 Å². The first kappa shape index (κ1) is 28.0. The van der Waals surface area contributed by atoms with Gasteiger partial charge >= 0.3 is 5.97 Å². The summed E-state index contributed by atoms with van der Waals surface area (Å²) in [7, 11) is 1.24. The number of rotatable bonds is 16. The number of hydrogen-bond acceptors (Lipinski definition) is 4. The Kier molecular flexibility index (Phi) is 15.7. The molecule has 1 amide bonds. The Hall–Kier alpha value is -3.08. The molecule has 5 heteroatoms. The molecular formula is C28H39NO4. The van der Waals surface area contributed by atoms with Crippen LogP contribution < -0.4 is 5.32 Å². The first-order valence-electron chi connectivity index (χ1n) is 11.9. The molecule has 0 aromatic heterocycles. The predicted molar refractivity (Wildman–Crippen MR) is 136 cm³/mol. The lowest BCUT2D eigenvalue weighted by atomic mass is 10.1. The van der Waals surface area contributed by atoms with E-state index in [1.165, 1.54) is 44.9 Å². The van der Waals surface area contributed by atoms with E-state index in [9.17, 15) is 14.7 Å². The average Bonchev–Trinajstić information content (AvgIpc) is 2.81. The molecule has 1 rings (SSSR count). The Morgan fingerprint density at radius 1 is 0.879 bits per heavy atom. The van der Waals surface area contributed by atoms with E-state index in [1.807, 2.05) is 0 Å². The maximum Gasteiger partial charge on any atom is 0.341 e. The number of anilines is 1. The Morgan fingerprint density at radius 2 is 1.45 bits per heavy atom. The van der Waals surface area contributed by atoms with Crippen LogP contribution in [0.15, 0.2) is 66.8 Å². The van der Waals surface area contributed by atoms with Gasteiger partial charge in [0.25, 0.3) is 0 Å². The summed E-state index contributed by atoms with van der Waals surface area (Å²) in [5, 5.41) is 12.4. The minimum Gasteiger partial charge on any atom is -0.507 e. The number of ether oxygens (including phenoxy) is 1. The summed E-state index contributed by atoms with van der Waals surface area (Å²) in [5.74, 6) is -0.961. The standard InChI is InChI=1S/C28H39NO4/c1-3-4-5-6-7-8-9-10-11-12-13-14-15-16-17-18-19-20-27(31)29-24-21-22-26(30)25(23-24)28(32)33-2/h7-8,10-11,13-14,16-17,21-23,30H,3-6,9,12,15,18-20H2,1-2H3,(H,29,31). The molecule has 0 aliphatic rings. The number of hydrogen-bond donors (Lipinski definition) is 2. The number of allylic oxidation sites excluding steroid dienone is 8. The highest BCUT2D eigenvalue weighted by Crippen LogP contribution is 2.22. The molecule has 180 valence electrons. The number of esters is 1. The van der Waals surface area contributed by atoms with Crippen LogP contribution in [0.3, 0.4) is 0 Å². The number of unbranched alkanes of at least 4 members (excludes halogenated alkanes) is 4. The molecule has 0 atom stereocenters. The summed E-state index contributed by atoms with van der Waals surface area (Å²) < 4.78 is 4.61. The van der Waals surface area contributed by atoms with Crippen LogP contribution in [0.1, 0.15) is 81.5 Å². The van der Waals surface area contributed by atoms with Gasteiger partial charge in [-0.2, -0.15) is 0 Å². The zero-order chi connectivity index (χ0) is 24.2. The van der Waals surface area contributed by atoms with E-state index in [0.29, 0.717) is 12.1 Å². The van der Waals surface area contributed by atoms with Gasteiger partial charge in [-0.1, -0.05) is 68.4 Å². The molecule has 0 saturated carbocycles. The fourth-order valence-electron chi connectivity index (χ4n) is 3.05. The van der Waals surface area contributed by atoms with E-state index in [4.69, 9.17) is 0 Å². The van der Waals surface area contributed by atoms with Gasteiger partial charge in [-0.3, -0.25) is 4.79 Å². The topological polar surface area (TPSA) is 75.6 Å². The highest BCUT2D eigenvalue weighted by Gasteiger charge is 2.13. The van der Waals surface area contributed by atoms with E-state index in [1.54, 1.807) is 6.07 Å². The second-order valence-electron chi connectivity index (χ2n) is 7.75. The van der Waals surface area contributed by atoms with Crippen LogP contribution in [0.4, 0.5) is 5.69 Å². The Labute approximate surface area is 198 Å². The monoisotopic (exact) mass is 453 g/mol. The highest BCUT2D eigenvalue weighted by atomic mass is 16.5. The summed E-state index contributed by atoms with van der Waals surface area (Å²) in [5.41, 5.74) is 0.479. The third kappa shape index (κ3) is 13.8. The summed E-state index contributed by atoms with van der Waals surface area (Å²) in [6, 6.07) is 4.32. The van der Waals surface area contributed by atoms with Gasteiger partial charge in [-0.25, -0.2) is 4.79 Å². The van der Waals surface area contributed by atoms with Crippen LogP contribution >= 0.6 is 0 Å². The first-order valence-corrected chi connectivity index (χ1v) is 11.9. The number of phenolic OH excluding ortho intramolecular Hbond substituents is 1. The fourth-order valence-corrected chi connectivity index (χ4v) is 3.05. The number of aromatic hydroxyl groups is 1. The number of benzene rings is 1. The predicted octanol–water partition coefficient (Wildman–Crippen LogP) is 7.26. The lowest BCUT2D eigenvalue weighted by molar-refractivity contribution is -0.116. The number of carbonyl (C=O) groups is 2. The largest absolute Gasteiger partial charge is 0.507 e. The average molecular weight is 454 g/mol. The van der Waals surface area contributed by atoms with Crippen LogP contribution in [-0.2, 0) is 9.53 Å². The number of phenols is 1. The molecule has 0 radical (unpaired) electrons. The smallest absolute Gasteiger partial charge is 0.341 e. The SMILES string of the molecule is CCCCCC=CCC=CCC=CCC=CCCCC(=O)Nc1ccc(O)c(C(=O)OC)c1. The fraction of sp³-hybridized carbons (Fsp3) is 0.429. The normalized spacial score (nSPS) is 11.8. The lowest BCUT2D eigenvalue weighted by Crippen LogP contribution is -2.12. The molecule has 0 spiro atoms. The first-order chi connectivity index (χ1) is 16.1. The van der Waals surface area contributed by atoms with E-state index in [0.717, 1.165) is 32.1 Å². The summed E-state index contributed by atoms with van der Waals surface area (Å²) in [6.45, 7) is 2.23. The maximum absolute atomic E-state index is 12.1. The van der Waals surface area contributed by atoms with E-state index in [-0.39, 0.29) is 17.2 Å². The molecule has 0 fully saturated rings. The molecule has 1 aromatic carbocycles. The molecule has 2 N–H and O–H groups in total. The van der Waals surface area contributed by atoms with Gasteiger partial charge in [0.2, 0.25) is 5.91 Å². The summed E-state index contributed by atoms with van der Waals surface area (Å²) in [4.78, 5) is 23.7. The van der Waals surface area contributed by atoms with E-state index in [2.05, 4.69) is 65.6 Å². The van der Waals surface area contributed by atoms with Gasteiger partial charge in [0.05, 0.1) is 7.11 Å². The molecule has 5 nitrogen and oxygen atoms in total. The summed E-state index contributed by atoms with van der Waals surface area (Å²) in [6.07, 6.45) is 27.3. The molecule has 0 aliphatic carbocycles. The van der Waals surface area contributed by atoms with Crippen molar-refractivity contribution in [3.05, 3.63) is 72.4 Å². The van der Waals surface area contributed by atoms with Crippen molar-refractivity contribution in [2.24, 2.45) is 0 Å². The Balaban J connectivity index is 2.13. The molecule has 1 aromatic rings. The number of amides is 1. The maximum atomic E-state index is 12.1. The van der Waals surface area contributed by atoms with E-state index >= 15 is 0 Å². The quantitative estimate of drug-likeness (QED) is 0.119. The van der Waals surface area contributed by atoms with Gasteiger partial charge < -0.3 is 15.2 Å². The van der Waals surface area contributed by atoms with Crippen molar-refractivity contribution in [2.75, 3.05) is 12.4 Å². The minimum atomic E-state index is -0.649. The number of nitrogens with one attached hydrogen (secondary N) is 1. The lowest BCUT2D eigenvalue weighted by Gasteiger charge is -2.08. The van der Waals surface area contributed by atoms with Crippen molar-refractivity contribution < 1.29 is 19.4 Å². The van der Waals surface area contributed by atoms with E-state index < -0.39 is 5.97 Å².